The molecule has 0 radical (unpaired) electrons. The van der Waals surface area contributed by atoms with Crippen LogP contribution in [0.25, 0.3) is 33.4 Å². The van der Waals surface area contributed by atoms with Crippen molar-refractivity contribution in [3.05, 3.63) is 161 Å². The van der Waals surface area contributed by atoms with Gasteiger partial charge in [-0.2, -0.15) is 0 Å². The molecular weight excluding hydrogens is 691 g/mol. The fourth-order valence-electron chi connectivity index (χ4n) is 7.76. The van der Waals surface area contributed by atoms with E-state index in [0.29, 0.717) is 0 Å². The molecule has 0 atom stereocenters. The Labute approximate surface area is 341 Å². The quantitative estimate of drug-likeness (QED) is 0.112. The maximum Gasteiger partial charge on any atom is 0.0630 e. The summed E-state index contributed by atoms with van der Waals surface area (Å²) in [5.74, 6) is 0. The van der Waals surface area contributed by atoms with Crippen molar-refractivity contribution in [2.75, 3.05) is 0 Å². The number of rotatable bonds is 12. The molecule has 0 aromatic heterocycles. The maximum absolute atomic E-state index is 5.03. The summed E-state index contributed by atoms with van der Waals surface area (Å²) in [6, 6.07) is 46.6. The van der Waals surface area contributed by atoms with Crippen LogP contribution in [0.1, 0.15) is 112 Å². The molecule has 57 heavy (non-hydrogen) atoms. The van der Waals surface area contributed by atoms with Crippen molar-refractivity contribution in [2.24, 2.45) is 15.0 Å². The van der Waals surface area contributed by atoms with Crippen molar-refractivity contribution in [2.45, 2.75) is 97.8 Å². The predicted octanol–water partition coefficient (Wildman–Crippen LogP) is 15.5. The average Bonchev–Trinajstić information content (AvgIpc) is 3.25. The van der Waals surface area contributed by atoms with Gasteiger partial charge in [-0.05, 0) is 143 Å². The number of fused-ring (bicyclic) bond motifs is 3. The van der Waals surface area contributed by atoms with E-state index in [1.165, 1.54) is 91.2 Å². The van der Waals surface area contributed by atoms with Crippen LogP contribution < -0.4 is 0 Å². The largest absolute Gasteiger partial charge is 0.256 e. The Balaban J connectivity index is 1.32. The summed E-state index contributed by atoms with van der Waals surface area (Å²) in [7, 11) is 0. The fourth-order valence-corrected chi connectivity index (χ4v) is 7.76. The van der Waals surface area contributed by atoms with Gasteiger partial charge in [-0.25, -0.2) is 0 Å². The topological polar surface area (TPSA) is 37.1 Å². The number of aryl methyl sites for hydroxylation is 3. The molecule has 3 heteroatoms. The Morgan fingerprint density at radius 1 is 0.316 bits per heavy atom. The van der Waals surface area contributed by atoms with Crippen LogP contribution in [0.3, 0.4) is 0 Å². The summed E-state index contributed by atoms with van der Waals surface area (Å²) < 4.78 is 0. The van der Waals surface area contributed by atoms with E-state index in [9.17, 15) is 0 Å². The molecule has 6 bridgehead atoms. The van der Waals surface area contributed by atoms with Crippen LogP contribution in [-0.4, -0.2) is 18.6 Å². The van der Waals surface area contributed by atoms with Gasteiger partial charge < -0.3 is 0 Å². The molecule has 4 aliphatic heterocycles. The predicted molar refractivity (Wildman–Crippen MR) is 247 cm³/mol. The summed E-state index contributed by atoms with van der Waals surface area (Å²) in [5, 5.41) is 0. The molecule has 0 amide bonds. The second kappa shape index (κ2) is 20.0. The zero-order valence-corrected chi connectivity index (χ0v) is 34.2. The van der Waals surface area contributed by atoms with Gasteiger partial charge in [0.2, 0.25) is 0 Å². The Hall–Kier alpha value is -5.67. The van der Waals surface area contributed by atoms with Crippen molar-refractivity contribution in [1.29, 1.82) is 0 Å². The van der Waals surface area contributed by atoms with E-state index < -0.39 is 0 Å². The molecule has 10 rings (SSSR count). The monoisotopic (exact) mass is 747 g/mol. The first-order valence-corrected chi connectivity index (χ1v) is 21.4. The first-order valence-electron chi connectivity index (χ1n) is 21.4. The number of hydrogen-bond acceptors (Lipinski definition) is 3. The minimum absolute atomic E-state index is 0.931. The van der Waals surface area contributed by atoms with Crippen LogP contribution >= 0.6 is 0 Å². The van der Waals surface area contributed by atoms with E-state index in [-0.39, 0.29) is 0 Å². The van der Waals surface area contributed by atoms with Gasteiger partial charge in [0, 0.05) is 35.3 Å². The Morgan fingerprint density at radius 3 is 0.860 bits per heavy atom. The first-order chi connectivity index (χ1) is 28.1. The average molecular weight is 748 g/mol. The van der Waals surface area contributed by atoms with Crippen LogP contribution in [-0.2, 0) is 19.3 Å². The molecule has 288 valence electrons. The van der Waals surface area contributed by atoms with Gasteiger partial charge in [0.1, 0.15) is 0 Å². The highest BCUT2D eigenvalue weighted by Crippen LogP contribution is 2.32. The fraction of sp³-hybridized carbons (Fsp3) is 0.278. The Morgan fingerprint density at radius 2 is 0.596 bits per heavy atom. The summed E-state index contributed by atoms with van der Waals surface area (Å²) >= 11 is 0. The van der Waals surface area contributed by atoms with Gasteiger partial charge in [-0.1, -0.05) is 132 Å². The summed E-state index contributed by atoms with van der Waals surface area (Å²) in [6.45, 7) is 6.78. The standard InChI is InChI=1S/C54H57N3/c1-4-7-10-13-40-16-31-52-43-19-25-50(26-20-43)56-38-47-35-42(15-12-9-6-3)18-33-54(47)45-23-29-51(30-24-45)57-39-48-36-41(14-11-8-5-2)17-32-53(48)44-21-27-49(28-22-44)55-37-46(52)34-40/h16-39H,4-15H2,1-3H3. The molecule has 4 aliphatic rings. The molecule has 6 aromatic carbocycles. The third-order valence-corrected chi connectivity index (χ3v) is 11.1. The van der Waals surface area contributed by atoms with E-state index in [4.69, 9.17) is 15.0 Å². The highest BCUT2D eigenvalue weighted by Gasteiger charge is 2.11. The van der Waals surface area contributed by atoms with Crippen molar-refractivity contribution in [3.63, 3.8) is 0 Å². The summed E-state index contributed by atoms with van der Waals surface area (Å²) in [4.78, 5) is 15.1. The lowest BCUT2D eigenvalue weighted by atomic mass is 9.95. The number of nitrogens with zero attached hydrogens (tertiary/aromatic N) is 3. The number of aliphatic imine (C=N–C) groups is 3. The molecule has 6 aromatic rings. The van der Waals surface area contributed by atoms with Gasteiger partial charge >= 0.3 is 0 Å². The molecule has 0 saturated heterocycles. The zero-order chi connectivity index (χ0) is 39.2. The van der Waals surface area contributed by atoms with Gasteiger partial charge in [-0.15, -0.1) is 0 Å². The minimum atomic E-state index is 0.931. The SMILES string of the molecule is CCCCCc1ccc2c(c1)C=Nc1ccc(cc1)-c1ccc(CCCCC)cc1C=Nc1ccc(cc1)-c1ccc(CCCCC)cc1C=Nc1ccc-2cc1. The Kier molecular flexibility index (Phi) is 13.9. The highest BCUT2D eigenvalue weighted by atomic mass is 14.7. The lowest BCUT2D eigenvalue weighted by Crippen LogP contribution is -1.94. The van der Waals surface area contributed by atoms with E-state index in [2.05, 4.69) is 148 Å². The third-order valence-electron chi connectivity index (χ3n) is 11.1. The van der Waals surface area contributed by atoms with Gasteiger partial charge in [0.05, 0.1) is 17.1 Å². The highest BCUT2D eigenvalue weighted by molar-refractivity contribution is 5.95. The molecule has 0 N–H and O–H groups in total. The maximum atomic E-state index is 5.03. The van der Waals surface area contributed by atoms with E-state index in [1.54, 1.807) is 0 Å². The Bertz CT molecular complexity index is 2040. The first kappa shape index (κ1) is 39.6. The van der Waals surface area contributed by atoms with Gasteiger partial charge in [-0.3, -0.25) is 15.0 Å². The van der Waals surface area contributed by atoms with Crippen LogP contribution in [0.15, 0.2) is 142 Å². The summed E-state index contributed by atoms with van der Waals surface area (Å²) in [6.07, 6.45) is 20.3. The zero-order valence-electron chi connectivity index (χ0n) is 34.2. The lowest BCUT2D eigenvalue weighted by Gasteiger charge is -2.12. The molecule has 0 unspecified atom stereocenters. The molecule has 3 nitrogen and oxygen atoms in total. The lowest BCUT2D eigenvalue weighted by molar-refractivity contribution is 0.717. The van der Waals surface area contributed by atoms with E-state index in [1.807, 2.05) is 18.6 Å². The smallest absolute Gasteiger partial charge is 0.0630 e. The second-order valence-electron chi connectivity index (χ2n) is 15.6. The van der Waals surface area contributed by atoms with Crippen LogP contribution in [0.5, 0.6) is 0 Å². The molecule has 0 fully saturated rings. The second-order valence-corrected chi connectivity index (χ2v) is 15.6. The van der Waals surface area contributed by atoms with Crippen LogP contribution in [0, 0.1) is 0 Å². The molecule has 0 aliphatic carbocycles. The number of hydrogen-bond donors (Lipinski definition) is 0. The van der Waals surface area contributed by atoms with Crippen molar-refractivity contribution in [3.8, 4) is 33.4 Å². The van der Waals surface area contributed by atoms with E-state index >= 15 is 0 Å². The molecule has 0 saturated carbocycles. The van der Waals surface area contributed by atoms with Gasteiger partial charge in [0.25, 0.3) is 0 Å². The summed E-state index contributed by atoms with van der Waals surface area (Å²) in [5.41, 5.74) is 17.2. The van der Waals surface area contributed by atoms with E-state index in [0.717, 1.165) is 69.7 Å². The van der Waals surface area contributed by atoms with Gasteiger partial charge in [0.15, 0.2) is 0 Å². The van der Waals surface area contributed by atoms with Crippen molar-refractivity contribution < 1.29 is 0 Å². The van der Waals surface area contributed by atoms with Crippen LogP contribution in [0.2, 0.25) is 0 Å². The molecule has 0 spiro atoms. The number of benzene rings is 6. The van der Waals surface area contributed by atoms with Crippen molar-refractivity contribution >= 4 is 35.7 Å². The molecular formula is C54H57N3. The van der Waals surface area contributed by atoms with Crippen molar-refractivity contribution in [1.82, 2.24) is 0 Å². The number of unbranched alkanes of at least 4 members (excludes halogenated alkanes) is 6. The minimum Gasteiger partial charge on any atom is -0.256 e. The normalized spacial score (nSPS) is 12.1. The third kappa shape index (κ3) is 10.6. The molecule has 4 heterocycles. The van der Waals surface area contributed by atoms with Crippen LogP contribution in [0.4, 0.5) is 17.1 Å².